The molecule has 7 nitrogen and oxygen atoms in total. The Morgan fingerprint density at radius 2 is 1.97 bits per heavy atom. The van der Waals surface area contributed by atoms with Gasteiger partial charge in [0, 0.05) is 36.4 Å². The number of hydrogen-bond acceptors (Lipinski definition) is 4. The molecule has 1 unspecified atom stereocenters. The Hall–Kier alpha value is -2.86. The van der Waals surface area contributed by atoms with E-state index >= 15 is 0 Å². The maximum atomic E-state index is 13.5. The van der Waals surface area contributed by atoms with Gasteiger partial charge in [-0.25, -0.2) is 8.42 Å². The Bertz CT molecular complexity index is 1140. The molecule has 2 aromatic rings. The number of nitrogens with one attached hydrogen (secondary N) is 1. The van der Waals surface area contributed by atoms with Crippen LogP contribution in [-0.4, -0.2) is 51.2 Å². The molecule has 0 bridgehead atoms. The maximum absolute atomic E-state index is 13.5. The minimum Gasteiger partial charge on any atom is -0.358 e. The quantitative estimate of drug-likeness (QED) is 0.653. The lowest BCUT2D eigenvalue weighted by atomic mass is 9.97. The number of piperidine rings is 1. The molecule has 0 saturated carbocycles. The fourth-order valence-electron chi connectivity index (χ4n) is 3.62. The van der Waals surface area contributed by atoms with E-state index in [1.807, 2.05) is 0 Å². The first-order valence-electron chi connectivity index (χ1n) is 10.1. The largest absolute Gasteiger partial charge is 0.358 e. The Morgan fingerprint density at radius 1 is 1.25 bits per heavy atom. The predicted octanol–water partition coefficient (Wildman–Crippen LogP) is 2.50. The van der Waals surface area contributed by atoms with Crippen LogP contribution in [0, 0.1) is 18.3 Å². The molecular formula is C23H24ClN3O4S. The lowest BCUT2D eigenvalue weighted by Crippen LogP contribution is -2.49. The zero-order chi connectivity index (χ0) is 23.3. The minimum absolute atomic E-state index is 0.0306. The SMILES string of the molecule is C#Cc1cccc(N(CC(=O)NC)C(=O)C2CCCN(S(=O)(=O)c3ccc(Cl)cc3)C2)c1. The first-order valence-corrected chi connectivity index (χ1v) is 11.9. The molecule has 1 atom stereocenters. The maximum Gasteiger partial charge on any atom is 0.243 e. The van der Waals surface area contributed by atoms with Gasteiger partial charge in [-0.05, 0) is 55.3 Å². The number of hydrogen-bond donors (Lipinski definition) is 1. The van der Waals surface area contributed by atoms with Crippen LogP contribution in [0.15, 0.2) is 53.4 Å². The van der Waals surface area contributed by atoms with E-state index in [1.54, 1.807) is 24.3 Å². The van der Waals surface area contributed by atoms with Crippen LogP contribution in [0.5, 0.6) is 0 Å². The number of halogens is 1. The highest BCUT2D eigenvalue weighted by molar-refractivity contribution is 7.89. The number of rotatable bonds is 6. The van der Waals surface area contributed by atoms with E-state index in [9.17, 15) is 18.0 Å². The monoisotopic (exact) mass is 473 g/mol. The van der Waals surface area contributed by atoms with E-state index in [1.165, 1.54) is 40.5 Å². The molecule has 1 fully saturated rings. The van der Waals surface area contributed by atoms with E-state index in [0.29, 0.717) is 35.7 Å². The third-order valence-electron chi connectivity index (χ3n) is 5.36. The van der Waals surface area contributed by atoms with E-state index in [2.05, 4.69) is 11.2 Å². The molecule has 1 aliphatic heterocycles. The Morgan fingerprint density at radius 3 is 2.62 bits per heavy atom. The van der Waals surface area contributed by atoms with Crippen LogP contribution in [-0.2, 0) is 19.6 Å². The van der Waals surface area contributed by atoms with Gasteiger partial charge in [0.1, 0.15) is 6.54 Å². The summed E-state index contributed by atoms with van der Waals surface area (Å²) in [5.74, 6) is 1.27. The molecule has 168 valence electrons. The molecule has 1 aliphatic rings. The van der Waals surface area contributed by atoms with Crippen LogP contribution in [0.2, 0.25) is 5.02 Å². The van der Waals surface area contributed by atoms with Gasteiger partial charge in [0.2, 0.25) is 21.8 Å². The van der Waals surface area contributed by atoms with Crippen molar-refractivity contribution in [3.8, 4) is 12.3 Å². The van der Waals surface area contributed by atoms with Gasteiger partial charge in [0.05, 0.1) is 10.8 Å². The van der Waals surface area contributed by atoms with Gasteiger partial charge in [-0.2, -0.15) is 4.31 Å². The van der Waals surface area contributed by atoms with Crippen LogP contribution in [0.3, 0.4) is 0 Å². The van der Waals surface area contributed by atoms with Crippen molar-refractivity contribution in [1.29, 1.82) is 0 Å². The Kier molecular flexibility index (Phi) is 7.56. The smallest absolute Gasteiger partial charge is 0.243 e. The van der Waals surface area contributed by atoms with Crippen LogP contribution in [0.25, 0.3) is 0 Å². The summed E-state index contributed by atoms with van der Waals surface area (Å²) in [5.41, 5.74) is 1.07. The van der Waals surface area contributed by atoms with E-state index in [4.69, 9.17) is 18.0 Å². The molecule has 0 aromatic heterocycles. The fourth-order valence-corrected chi connectivity index (χ4v) is 5.27. The summed E-state index contributed by atoms with van der Waals surface area (Å²) in [6.07, 6.45) is 6.53. The van der Waals surface area contributed by atoms with E-state index in [0.717, 1.165) is 0 Å². The third-order valence-corrected chi connectivity index (χ3v) is 7.49. The standard InChI is InChI=1S/C23H24ClN3O4S/c1-3-17-6-4-8-20(14-17)27(16-22(28)25-2)23(29)18-7-5-13-26(15-18)32(30,31)21-11-9-19(24)10-12-21/h1,4,6,8-12,14,18H,5,7,13,15-16H2,2H3,(H,25,28). The third kappa shape index (κ3) is 5.30. The first-order chi connectivity index (χ1) is 15.3. The number of likely N-dealkylation sites (N-methyl/N-ethyl adjacent to an activating group) is 1. The van der Waals surface area contributed by atoms with E-state index < -0.39 is 15.9 Å². The molecular weight excluding hydrogens is 450 g/mol. The zero-order valence-electron chi connectivity index (χ0n) is 17.6. The molecule has 1 saturated heterocycles. The van der Waals surface area contributed by atoms with Crippen LogP contribution >= 0.6 is 11.6 Å². The second-order valence-electron chi connectivity index (χ2n) is 7.45. The van der Waals surface area contributed by atoms with Crippen molar-refractivity contribution >= 4 is 39.1 Å². The molecule has 3 rings (SSSR count). The molecule has 32 heavy (non-hydrogen) atoms. The van der Waals surface area contributed by atoms with Crippen LogP contribution < -0.4 is 10.2 Å². The predicted molar refractivity (Wildman–Crippen MR) is 124 cm³/mol. The first kappa shape index (κ1) is 23.8. The highest BCUT2D eigenvalue weighted by atomic mass is 35.5. The average Bonchev–Trinajstić information content (AvgIpc) is 2.82. The van der Waals surface area contributed by atoms with Crippen molar-refractivity contribution < 1.29 is 18.0 Å². The molecule has 0 spiro atoms. The van der Waals surface area contributed by atoms with Gasteiger partial charge in [0.15, 0.2) is 0 Å². The molecule has 0 aliphatic carbocycles. The molecule has 2 amide bonds. The summed E-state index contributed by atoms with van der Waals surface area (Å²) in [6, 6.07) is 12.7. The molecule has 0 radical (unpaired) electrons. The summed E-state index contributed by atoms with van der Waals surface area (Å²) >= 11 is 5.88. The van der Waals surface area contributed by atoms with Crippen LogP contribution in [0.1, 0.15) is 18.4 Å². The number of anilines is 1. The lowest BCUT2D eigenvalue weighted by molar-refractivity contribution is -0.126. The number of amides is 2. The minimum atomic E-state index is -3.78. The number of nitrogens with zero attached hydrogens (tertiary/aromatic N) is 2. The van der Waals surface area contributed by atoms with Gasteiger partial charge >= 0.3 is 0 Å². The van der Waals surface area contributed by atoms with Crippen molar-refractivity contribution in [3.05, 3.63) is 59.1 Å². The fraction of sp³-hybridized carbons (Fsp3) is 0.304. The van der Waals surface area contributed by atoms with Gasteiger partial charge in [-0.3, -0.25) is 9.59 Å². The highest BCUT2D eigenvalue weighted by Crippen LogP contribution is 2.27. The van der Waals surface area contributed by atoms with Crippen molar-refractivity contribution in [2.45, 2.75) is 17.7 Å². The molecule has 9 heteroatoms. The summed E-state index contributed by atoms with van der Waals surface area (Å²) in [7, 11) is -2.29. The topological polar surface area (TPSA) is 86.8 Å². The number of carbonyl (C=O) groups is 2. The second-order valence-corrected chi connectivity index (χ2v) is 9.82. The van der Waals surface area contributed by atoms with Crippen molar-refractivity contribution in [2.24, 2.45) is 5.92 Å². The molecule has 1 N–H and O–H groups in total. The number of benzene rings is 2. The van der Waals surface area contributed by atoms with Gasteiger partial charge < -0.3 is 10.2 Å². The van der Waals surface area contributed by atoms with Crippen molar-refractivity contribution in [3.63, 3.8) is 0 Å². The summed E-state index contributed by atoms with van der Waals surface area (Å²) < 4.78 is 27.5. The van der Waals surface area contributed by atoms with Gasteiger partial charge in [0.25, 0.3) is 0 Å². The van der Waals surface area contributed by atoms with Crippen molar-refractivity contribution in [1.82, 2.24) is 9.62 Å². The summed E-state index contributed by atoms with van der Waals surface area (Å²) in [5, 5.41) is 2.96. The Labute approximate surface area is 193 Å². The highest BCUT2D eigenvalue weighted by Gasteiger charge is 2.36. The average molecular weight is 474 g/mol. The van der Waals surface area contributed by atoms with Gasteiger partial charge in [-0.15, -0.1) is 6.42 Å². The van der Waals surface area contributed by atoms with Crippen molar-refractivity contribution in [2.75, 3.05) is 31.6 Å². The van der Waals surface area contributed by atoms with Crippen LogP contribution in [0.4, 0.5) is 5.69 Å². The normalized spacial score (nSPS) is 16.7. The number of carbonyl (C=O) groups excluding carboxylic acids is 2. The van der Waals surface area contributed by atoms with Gasteiger partial charge in [-0.1, -0.05) is 23.6 Å². The second kappa shape index (κ2) is 10.2. The molecule has 2 aromatic carbocycles. The number of terminal acetylenes is 1. The zero-order valence-corrected chi connectivity index (χ0v) is 19.2. The lowest BCUT2D eigenvalue weighted by Gasteiger charge is -2.34. The summed E-state index contributed by atoms with van der Waals surface area (Å²) in [4.78, 5) is 27.1. The number of sulfonamides is 1. The van der Waals surface area contributed by atoms with E-state index in [-0.39, 0.29) is 29.8 Å². The molecule has 1 heterocycles. The Balaban J connectivity index is 1.86. The summed E-state index contributed by atoms with van der Waals surface area (Å²) in [6.45, 7) is 0.156.